The van der Waals surface area contributed by atoms with E-state index >= 15 is 0 Å². The average Bonchev–Trinajstić information content (AvgIpc) is 3.00. The highest BCUT2D eigenvalue weighted by Gasteiger charge is 2.44. The van der Waals surface area contributed by atoms with Crippen molar-refractivity contribution >= 4 is 0 Å². The van der Waals surface area contributed by atoms with Crippen LogP contribution in [0.2, 0.25) is 0 Å². The summed E-state index contributed by atoms with van der Waals surface area (Å²) in [6.07, 6.45) is 8.14. The monoisotopic (exact) mass is 325 g/mol. The minimum Gasteiger partial charge on any atom is -0.374 e. The van der Waals surface area contributed by atoms with E-state index in [2.05, 4.69) is 20.9 Å². The molecule has 0 N–H and O–H groups in total. The van der Waals surface area contributed by atoms with Gasteiger partial charge >= 0.3 is 0 Å². The molecule has 0 amide bonds. The summed E-state index contributed by atoms with van der Waals surface area (Å²) >= 11 is 0. The Morgan fingerprint density at radius 3 is 3.04 bits per heavy atom. The van der Waals surface area contributed by atoms with E-state index in [1.54, 1.807) is 0 Å². The van der Waals surface area contributed by atoms with Crippen LogP contribution in [0.1, 0.15) is 24.1 Å². The van der Waals surface area contributed by atoms with Crippen LogP contribution < -0.4 is 0 Å². The molecule has 2 aliphatic heterocycles. The summed E-state index contributed by atoms with van der Waals surface area (Å²) in [6.45, 7) is 3.18. The molecule has 0 saturated carbocycles. The maximum absolute atomic E-state index is 6.18. The van der Waals surface area contributed by atoms with Crippen LogP contribution in [0.3, 0.4) is 0 Å². The standard InChI is InChI=1S/C19H23N3O2/c1-2-9-21-16(6-1)14-24-18-13-22(12-15-5-3-8-20-11-15)17-7-4-10-23-19(17)18/h1-3,5-6,8-9,11,17-19H,4,7,10,12-14H2/t17-,18+,19+/m0/s1. The second-order valence-corrected chi connectivity index (χ2v) is 6.51. The largest absolute Gasteiger partial charge is 0.374 e. The van der Waals surface area contributed by atoms with Gasteiger partial charge in [0, 0.05) is 44.3 Å². The summed E-state index contributed by atoms with van der Waals surface area (Å²) in [5, 5.41) is 0. The fourth-order valence-corrected chi connectivity index (χ4v) is 3.73. The molecule has 0 radical (unpaired) electrons. The zero-order valence-electron chi connectivity index (χ0n) is 13.8. The van der Waals surface area contributed by atoms with Gasteiger partial charge in [0.15, 0.2) is 0 Å². The maximum Gasteiger partial charge on any atom is 0.100 e. The van der Waals surface area contributed by atoms with Gasteiger partial charge in [0.05, 0.1) is 18.4 Å². The van der Waals surface area contributed by atoms with E-state index in [0.717, 1.165) is 31.8 Å². The van der Waals surface area contributed by atoms with Crippen molar-refractivity contribution in [3.63, 3.8) is 0 Å². The van der Waals surface area contributed by atoms with Crippen LogP contribution in [0.5, 0.6) is 0 Å². The van der Waals surface area contributed by atoms with Gasteiger partial charge in [-0.05, 0) is 36.6 Å². The molecule has 24 heavy (non-hydrogen) atoms. The second kappa shape index (κ2) is 7.38. The van der Waals surface area contributed by atoms with Gasteiger partial charge in [-0.25, -0.2) is 0 Å². The fraction of sp³-hybridized carbons (Fsp3) is 0.474. The van der Waals surface area contributed by atoms with E-state index in [-0.39, 0.29) is 12.2 Å². The van der Waals surface area contributed by atoms with Crippen molar-refractivity contribution in [3.05, 3.63) is 60.2 Å². The lowest BCUT2D eigenvalue weighted by Crippen LogP contribution is -2.41. The SMILES string of the molecule is c1ccc(CO[C@@H]2CN(Cc3cccnc3)[C@H]3CCCO[C@@H]23)nc1. The highest BCUT2D eigenvalue weighted by molar-refractivity contribution is 5.10. The number of pyridine rings is 2. The molecule has 5 heteroatoms. The Balaban J connectivity index is 1.43. The topological polar surface area (TPSA) is 47.5 Å². The smallest absolute Gasteiger partial charge is 0.100 e. The highest BCUT2D eigenvalue weighted by Crippen LogP contribution is 2.32. The first-order chi connectivity index (χ1) is 11.9. The molecule has 2 aliphatic rings. The summed E-state index contributed by atoms with van der Waals surface area (Å²) in [5.41, 5.74) is 2.21. The minimum atomic E-state index is 0.106. The molecule has 0 spiro atoms. The molecule has 2 saturated heterocycles. The summed E-state index contributed by atoms with van der Waals surface area (Å²) < 4.78 is 12.2. The first-order valence-corrected chi connectivity index (χ1v) is 8.66. The van der Waals surface area contributed by atoms with Crippen LogP contribution in [0, 0.1) is 0 Å². The number of nitrogens with zero attached hydrogens (tertiary/aromatic N) is 3. The number of hydrogen-bond donors (Lipinski definition) is 0. The number of ether oxygens (including phenoxy) is 2. The zero-order chi connectivity index (χ0) is 16.2. The van der Waals surface area contributed by atoms with E-state index in [1.165, 1.54) is 12.0 Å². The van der Waals surface area contributed by atoms with Crippen molar-refractivity contribution in [3.8, 4) is 0 Å². The Kier molecular flexibility index (Phi) is 4.83. The molecule has 3 atom stereocenters. The third-order valence-electron chi connectivity index (χ3n) is 4.86. The average molecular weight is 325 g/mol. The van der Waals surface area contributed by atoms with Gasteiger partial charge in [-0.1, -0.05) is 12.1 Å². The minimum absolute atomic E-state index is 0.106. The van der Waals surface area contributed by atoms with Crippen molar-refractivity contribution < 1.29 is 9.47 Å². The Morgan fingerprint density at radius 2 is 2.21 bits per heavy atom. The van der Waals surface area contributed by atoms with Crippen molar-refractivity contribution in [2.24, 2.45) is 0 Å². The molecule has 0 aliphatic carbocycles. The molecule has 4 rings (SSSR count). The van der Waals surface area contributed by atoms with Crippen LogP contribution in [-0.2, 0) is 22.6 Å². The molecule has 0 bridgehead atoms. The normalized spacial score (nSPS) is 27.1. The quantitative estimate of drug-likeness (QED) is 0.845. The third kappa shape index (κ3) is 3.48. The van der Waals surface area contributed by atoms with Crippen LogP contribution in [0.15, 0.2) is 48.9 Å². The molecular weight excluding hydrogens is 302 g/mol. The first-order valence-electron chi connectivity index (χ1n) is 8.66. The molecule has 4 heterocycles. The lowest BCUT2D eigenvalue weighted by Gasteiger charge is -2.32. The number of rotatable bonds is 5. The fourth-order valence-electron chi connectivity index (χ4n) is 3.73. The molecule has 5 nitrogen and oxygen atoms in total. The van der Waals surface area contributed by atoms with Crippen LogP contribution in [0.4, 0.5) is 0 Å². The second-order valence-electron chi connectivity index (χ2n) is 6.51. The Bertz CT molecular complexity index is 638. The Hall–Kier alpha value is -1.82. The van der Waals surface area contributed by atoms with E-state index in [9.17, 15) is 0 Å². The van der Waals surface area contributed by atoms with E-state index in [4.69, 9.17) is 9.47 Å². The molecule has 0 aromatic carbocycles. The number of hydrogen-bond acceptors (Lipinski definition) is 5. The molecule has 0 unspecified atom stereocenters. The molecule has 126 valence electrons. The summed E-state index contributed by atoms with van der Waals surface area (Å²) in [6, 6.07) is 10.5. The number of aromatic nitrogens is 2. The number of fused-ring (bicyclic) bond motifs is 1. The zero-order valence-corrected chi connectivity index (χ0v) is 13.8. The van der Waals surface area contributed by atoms with Crippen LogP contribution in [-0.4, -0.2) is 46.3 Å². The van der Waals surface area contributed by atoms with Crippen LogP contribution >= 0.6 is 0 Å². The summed E-state index contributed by atoms with van der Waals surface area (Å²) in [4.78, 5) is 11.1. The summed E-state index contributed by atoms with van der Waals surface area (Å²) in [7, 11) is 0. The van der Waals surface area contributed by atoms with E-state index in [1.807, 2.05) is 42.9 Å². The van der Waals surface area contributed by atoms with Gasteiger partial charge in [0.1, 0.15) is 6.10 Å². The van der Waals surface area contributed by atoms with Gasteiger partial charge in [-0.2, -0.15) is 0 Å². The summed E-state index contributed by atoms with van der Waals surface area (Å²) in [5.74, 6) is 0. The van der Waals surface area contributed by atoms with E-state index in [0.29, 0.717) is 12.6 Å². The third-order valence-corrected chi connectivity index (χ3v) is 4.86. The van der Waals surface area contributed by atoms with Crippen LogP contribution in [0.25, 0.3) is 0 Å². The Labute approximate surface area is 142 Å². The molecule has 2 aromatic heterocycles. The van der Waals surface area contributed by atoms with Gasteiger partial charge in [0.2, 0.25) is 0 Å². The highest BCUT2D eigenvalue weighted by atomic mass is 16.5. The van der Waals surface area contributed by atoms with Gasteiger partial charge in [-0.15, -0.1) is 0 Å². The van der Waals surface area contributed by atoms with Crippen molar-refractivity contribution in [2.45, 2.75) is 44.2 Å². The van der Waals surface area contributed by atoms with E-state index < -0.39 is 0 Å². The lowest BCUT2D eigenvalue weighted by atomic mass is 10.0. The van der Waals surface area contributed by atoms with Crippen molar-refractivity contribution in [1.82, 2.24) is 14.9 Å². The van der Waals surface area contributed by atoms with Gasteiger partial charge in [0.25, 0.3) is 0 Å². The van der Waals surface area contributed by atoms with Gasteiger partial charge < -0.3 is 9.47 Å². The first kappa shape index (κ1) is 15.7. The predicted molar refractivity (Wildman–Crippen MR) is 90.2 cm³/mol. The molecular formula is C19H23N3O2. The van der Waals surface area contributed by atoms with Crippen molar-refractivity contribution in [2.75, 3.05) is 13.2 Å². The maximum atomic E-state index is 6.18. The van der Waals surface area contributed by atoms with Gasteiger partial charge in [-0.3, -0.25) is 14.9 Å². The predicted octanol–water partition coefficient (Wildman–Crippen LogP) is 2.43. The lowest BCUT2D eigenvalue weighted by molar-refractivity contribution is -0.0824. The number of likely N-dealkylation sites (tertiary alicyclic amines) is 1. The Morgan fingerprint density at radius 1 is 1.21 bits per heavy atom. The molecule has 2 aromatic rings. The van der Waals surface area contributed by atoms with Crippen molar-refractivity contribution in [1.29, 1.82) is 0 Å². The molecule has 2 fully saturated rings.